The average molecular weight is 435 g/mol. The van der Waals surface area contributed by atoms with Crippen LogP contribution in [0.15, 0.2) is 48.7 Å². The molecule has 3 rings (SSSR count). The van der Waals surface area contributed by atoms with Gasteiger partial charge in [-0.2, -0.15) is 13.2 Å². The van der Waals surface area contributed by atoms with E-state index in [-0.39, 0.29) is 29.6 Å². The number of rotatable bonds is 6. The molecule has 0 saturated heterocycles. The number of nitro groups is 1. The van der Waals surface area contributed by atoms with Gasteiger partial charge in [-0.15, -0.1) is 0 Å². The molecule has 1 saturated carbocycles. The third kappa shape index (κ3) is 6.53. The predicted molar refractivity (Wildman–Crippen MR) is 106 cm³/mol. The average Bonchev–Trinajstić information content (AvgIpc) is 2.74. The van der Waals surface area contributed by atoms with Crippen molar-refractivity contribution in [2.24, 2.45) is 0 Å². The van der Waals surface area contributed by atoms with Crippen molar-refractivity contribution in [1.29, 1.82) is 0 Å². The monoisotopic (exact) mass is 435 g/mol. The van der Waals surface area contributed by atoms with Gasteiger partial charge in [-0.05, 0) is 55.5 Å². The van der Waals surface area contributed by atoms with Crippen LogP contribution in [0.4, 0.5) is 18.9 Å². The molecule has 1 aliphatic carbocycles. The number of benzene rings is 1. The quantitative estimate of drug-likeness (QED) is 0.409. The maximum Gasteiger partial charge on any atom is 0.417 e. The minimum atomic E-state index is -4.44. The summed E-state index contributed by atoms with van der Waals surface area (Å²) in [5.41, 5.74) is -0.179. The van der Waals surface area contributed by atoms with E-state index < -0.39 is 16.7 Å². The van der Waals surface area contributed by atoms with Crippen LogP contribution in [0.2, 0.25) is 0 Å². The van der Waals surface area contributed by atoms with Gasteiger partial charge in [0.15, 0.2) is 0 Å². The summed E-state index contributed by atoms with van der Waals surface area (Å²) in [6.45, 7) is 0. The summed E-state index contributed by atoms with van der Waals surface area (Å²) in [7, 11) is 0. The highest BCUT2D eigenvalue weighted by Crippen LogP contribution is 2.30. The van der Waals surface area contributed by atoms with Crippen LogP contribution in [0.25, 0.3) is 6.08 Å². The molecule has 2 aromatic rings. The Balaban J connectivity index is 1.43. The molecule has 7 nitrogen and oxygen atoms in total. The predicted octanol–water partition coefficient (Wildman–Crippen LogP) is 4.53. The van der Waals surface area contributed by atoms with E-state index in [0.29, 0.717) is 31.2 Å². The Morgan fingerprint density at radius 1 is 1.13 bits per heavy atom. The molecular formula is C21H20F3N3O4. The number of pyridine rings is 1. The van der Waals surface area contributed by atoms with Gasteiger partial charge in [0.05, 0.1) is 10.5 Å². The van der Waals surface area contributed by atoms with Crippen LogP contribution in [0.3, 0.4) is 0 Å². The van der Waals surface area contributed by atoms with E-state index in [1.54, 1.807) is 18.2 Å². The smallest absolute Gasteiger partial charge is 0.417 e. The van der Waals surface area contributed by atoms with Crippen LogP contribution in [0, 0.1) is 10.1 Å². The number of hydrogen-bond acceptors (Lipinski definition) is 5. The molecular weight excluding hydrogens is 415 g/mol. The molecule has 1 fully saturated rings. The highest BCUT2D eigenvalue weighted by Gasteiger charge is 2.31. The number of carbonyl (C=O) groups excluding carboxylic acids is 1. The SMILES string of the molecule is O=C(/C=C/c1ccc([N+](=O)[O-])cc1)NC1CCC(Oc2ccc(C(F)(F)F)cn2)CC1. The normalized spacial score (nSPS) is 19.2. The van der Waals surface area contributed by atoms with Crippen LogP contribution >= 0.6 is 0 Å². The van der Waals surface area contributed by atoms with Gasteiger partial charge < -0.3 is 10.1 Å². The number of halogens is 3. The van der Waals surface area contributed by atoms with E-state index >= 15 is 0 Å². The zero-order valence-electron chi connectivity index (χ0n) is 16.3. The summed E-state index contributed by atoms with van der Waals surface area (Å²) in [5, 5.41) is 13.5. The van der Waals surface area contributed by atoms with Crippen molar-refractivity contribution < 1.29 is 27.6 Å². The first kappa shape index (κ1) is 22.3. The summed E-state index contributed by atoms with van der Waals surface area (Å²) in [6, 6.07) is 7.95. The van der Waals surface area contributed by atoms with Crippen LogP contribution in [0.1, 0.15) is 36.8 Å². The lowest BCUT2D eigenvalue weighted by Crippen LogP contribution is -2.39. The van der Waals surface area contributed by atoms with Crippen molar-refractivity contribution in [2.75, 3.05) is 0 Å². The minimum Gasteiger partial charge on any atom is -0.474 e. The fourth-order valence-electron chi connectivity index (χ4n) is 3.24. The Kier molecular flexibility index (Phi) is 6.88. The van der Waals surface area contributed by atoms with E-state index in [1.165, 1.54) is 24.3 Å². The number of hydrogen-bond donors (Lipinski definition) is 1. The first-order valence-corrected chi connectivity index (χ1v) is 9.63. The molecule has 0 radical (unpaired) electrons. The molecule has 0 unspecified atom stereocenters. The molecule has 0 atom stereocenters. The fraction of sp³-hybridized carbons (Fsp3) is 0.333. The number of amides is 1. The first-order chi connectivity index (χ1) is 14.7. The number of ether oxygens (including phenoxy) is 1. The largest absolute Gasteiger partial charge is 0.474 e. The lowest BCUT2D eigenvalue weighted by atomic mass is 9.93. The fourth-order valence-corrected chi connectivity index (χ4v) is 3.24. The van der Waals surface area contributed by atoms with E-state index in [2.05, 4.69) is 10.3 Å². The molecule has 10 heteroatoms. The minimum absolute atomic E-state index is 0.0212. The summed E-state index contributed by atoms with van der Waals surface area (Å²) >= 11 is 0. The molecule has 0 bridgehead atoms. The number of nitrogens with zero attached hydrogens (tertiary/aromatic N) is 2. The second-order valence-corrected chi connectivity index (χ2v) is 7.16. The second kappa shape index (κ2) is 9.59. The number of nitro benzene ring substituents is 1. The Labute approximate surface area is 176 Å². The summed E-state index contributed by atoms with van der Waals surface area (Å²) in [5.74, 6) is -0.126. The molecule has 1 amide bonds. The van der Waals surface area contributed by atoms with Crippen molar-refractivity contribution in [2.45, 2.75) is 44.0 Å². The van der Waals surface area contributed by atoms with Gasteiger partial charge in [0.1, 0.15) is 6.10 Å². The zero-order valence-corrected chi connectivity index (χ0v) is 16.3. The van der Waals surface area contributed by atoms with E-state index in [4.69, 9.17) is 4.74 Å². The third-order valence-corrected chi connectivity index (χ3v) is 4.90. The first-order valence-electron chi connectivity index (χ1n) is 9.63. The zero-order chi connectivity index (χ0) is 22.4. The summed E-state index contributed by atoms with van der Waals surface area (Å²) in [6.07, 6.45) is 1.70. The van der Waals surface area contributed by atoms with E-state index in [9.17, 15) is 28.1 Å². The van der Waals surface area contributed by atoms with Crippen LogP contribution in [-0.2, 0) is 11.0 Å². The number of nitrogens with one attached hydrogen (secondary N) is 1. The topological polar surface area (TPSA) is 94.4 Å². The second-order valence-electron chi connectivity index (χ2n) is 7.16. The third-order valence-electron chi connectivity index (χ3n) is 4.90. The lowest BCUT2D eigenvalue weighted by Gasteiger charge is -2.29. The van der Waals surface area contributed by atoms with Crippen molar-refractivity contribution in [3.8, 4) is 5.88 Å². The van der Waals surface area contributed by atoms with Gasteiger partial charge in [-0.3, -0.25) is 14.9 Å². The van der Waals surface area contributed by atoms with E-state index in [1.807, 2.05) is 0 Å². The van der Waals surface area contributed by atoms with Gasteiger partial charge in [-0.25, -0.2) is 4.98 Å². The van der Waals surface area contributed by atoms with Gasteiger partial charge in [-0.1, -0.05) is 0 Å². The molecule has 0 aliphatic heterocycles. The number of alkyl halides is 3. The van der Waals surface area contributed by atoms with Gasteiger partial charge >= 0.3 is 6.18 Å². The van der Waals surface area contributed by atoms with Crippen molar-refractivity contribution >= 4 is 17.7 Å². The van der Waals surface area contributed by atoms with Crippen LogP contribution in [0.5, 0.6) is 5.88 Å². The van der Waals surface area contributed by atoms with Crippen LogP contribution < -0.4 is 10.1 Å². The molecule has 1 heterocycles. The number of non-ortho nitro benzene ring substituents is 1. The van der Waals surface area contributed by atoms with Gasteiger partial charge in [0, 0.05) is 36.5 Å². The van der Waals surface area contributed by atoms with Crippen molar-refractivity contribution in [3.63, 3.8) is 0 Å². The van der Waals surface area contributed by atoms with Gasteiger partial charge in [0.25, 0.3) is 5.69 Å². The number of carbonyl (C=O) groups is 1. The maximum absolute atomic E-state index is 12.6. The highest BCUT2D eigenvalue weighted by molar-refractivity contribution is 5.91. The van der Waals surface area contributed by atoms with E-state index in [0.717, 1.165) is 12.3 Å². The molecule has 1 aliphatic rings. The number of aromatic nitrogens is 1. The van der Waals surface area contributed by atoms with Crippen molar-refractivity contribution in [1.82, 2.24) is 10.3 Å². The highest BCUT2D eigenvalue weighted by atomic mass is 19.4. The Bertz CT molecular complexity index is 936. The molecule has 1 aromatic heterocycles. The summed E-state index contributed by atoms with van der Waals surface area (Å²) < 4.78 is 43.4. The van der Waals surface area contributed by atoms with Crippen molar-refractivity contribution in [3.05, 3.63) is 69.9 Å². The maximum atomic E-state index is 12.6. The molecule has 164 valence electrons. The molecule has 31 heavy (non-hydrogen) atoms. The molecule has 0 spiro atoms. The molecule has 1 N–H and O–H groups in total. The lowest BCUT2D eigenvalue weighted by molar-refractivity contribution is -0.384. The van der Waals surface area contributed by atoms with Gasteiger partial charge in [0.2, 0.25) is 11.8 Å². The Morgan fingerprint density at radius 3 is 2.35 bits per heavy atom. The van der Waals surface area contributed by atoms with Crippen LogP contribution in [-0.4, -0.2) is 28.0 Å². The molecule has 1 aromatic carbocycles. The Hall–Kier alpha value is -3.43. The standard InChI is InChI=1S/C21H20F3N3O4/c22-21(23,24)15-4-12-20(25-13-15)31-18-9-5-16(6-10-18)26-19(28)11-3-14-1-7-17(8-2-14)27(29)30/h1-4,7-8,11-13,16,18H,5-6,9-10H2,(H,26,28)/b11-3+. The Morgan fingerprint density at radius 2 is 1.81 bits per heavy atom. The summed E-state index contributed by atoms with van der Waals surface area (Å²) in [4.78, 5) is 26.0.